The summed E-state index contributed by atoms with van der Waals surface area (Å²) in [6, 6.07) is 23.6. The van der Waals surface area contributed by atoms with Gasteiger partial charge in [-0.2, -0.15) is 5.10 Å². The summed E-state index contributed by atoms with van der Waals surface area (Å²) in [4.78, 5) is 26.6. The van der Waals surface area contributed by atoms with Crippen LogP contribution in [0.1, 0.15) is 58.6 Å². The van der Waals surface area contributed by atoms with Crippen molar-refractivity contribution in [3.63, 3.8) is 0 Å². The fourth-order valence-corrected chi connectivity index (χ4v) is 6.87. The van der Waals surface area contributed by atoms with Gasteiger partial charge in [0, 0.05) is 61.8 Å². The van der Waals surface area contributed by atoms with Gasteiger partial charge in [0.25, 0.3) is 5.91 Å². The monoisotopic (exact) mass is 620 g/mol. The summed E-state index contributed by atoms with van der Waals surface area (Å²) in [5.74, 6) is 1.42. The minimum atomic E-state index is -0.866. The lowest BCUT2D eigenvalue weighted by molar-refractivity contribution is 0.0118. The number of piperidine rings is 2. The van der Waals surface area contributed by atoms with E-state index in [0.29, 0.717) is 43.3 Å². The fraction of sp³-hybridized carbons (Fsp3) is 0.333. The number of carbonyl (C=O) groups is 1. The Morgan fingerprint density at radius 3 is 2.38 bits per heavy atom. The Hall–Kier alpha value is -4.27. The average Bonchev–Trinajstić information content (AvgIpc) is 3.49. The maximum absolute atomic E-state index is 13.2. The molecule has 2 aliphatic rings. The Morgan fingerprint density at radius 2 is 1.67 bits per heavy atom. The van der Waals surface area contributed by atoms with Crippen molar-refractivity contribution >= 4 is 28.8 Å². The second-order valence-corrected chi connectivity index (χ2v) is 12.8. The topological polar surface area (TPSA) is 86.9 Å². The summed E-state index contributed by atoms with van der Waals surface area (Å²) in [6.07, 6.45) is 10.5. The maximum Gasteiger partial charge on any atom is 0.253 e. The molecule has 2 aliphatic heterocycles. The van der Waals surface area contributed by atoms with E-state index in [1.165, 1.54) is 5.56 Å². The summed E-state index contributed by atoms with van der Waals surface area (Å²) in [5, 5.41) is 16.8. The van der Waals surface area contributed by atoms with Crippen LogP contribution in [0, 0.1) is 5.92 Å². The first-order valence-corrected chi connectivity index (χ1v) is 16.2. The molecule has 8 nitrogen and oxygen atoms in total. The molecule has 5 heterocycles. The highest BCUT2D eigenvalue weighted by molar-refractivity contribution is 6.30. The van der Waals surface area contributed by atoms with Crippen LogP contribution in [0.4, 0.5) is 5.69 Å². The number of hydrogen-bond acceptors (Lipinski definition) is 6. The number of nitrogens with zero attached hydrogens (tertiary/aromatic N) is 6. The van der Waals surface area contributed by atoms with Crippen molar-refractivity contribution in [2.45, 2.75) is 44.1 Å². The summed E-state index contributed by atoms with van der Waals surface area (Å²) in [6.45, 7) is 2.99. The average molecular weight is 621 g/mol. The van der Waals surface area contributed by atoms with Crippen LogP contribution in [-0.4, -0.2) is 61.7 Å². The molecule has 230 valence electrons. The number of amides is 1. The zero-order valence-corrected chi connectivity index (χ0v) is 26.0. The number of anilines is 1. The van der Waals surface area contributed by atoms with Crippen molar-refractivity contribution in [3.8, 4) is 0 Å². The highest BCUT2D eigenvalue weighted by atomic mass is 35.5. The molecule has 1 amide bonds. The van der Waals surface area contributed by atoms with Gasteiger partial charge in [0.05, 0.1) is 11.3 Å². The number of likely N-dealkylation sites (tertiary alicyclic amines) is 1. The number of aromatic nitrogens is 4. The van der Waals surface area contributed by atoms with E-state index >= 15 is 0 Å². The normalized spacial score (nSPS) is 17.1. The lowest BCUT2D eigenvalue weighted by atomic mass is 9.84. The van der Waals surface area contributed by atoms with Crippen LogP contribution in [0.3, 0.4) is 0 Å². The van der Waals surface area contributed by atoms with Gasteiger partial charge in [-0.05, 0) is 97.2 Å². The summed E-state index contributed by atoms with van der Waals surface area (Å²) < 4.78 is 1.83. The van der Waals surface area contributed by atoms with Crippen LogP contribution >= 0.6 is 11.6 Å². The van der Waals surface area contributed by atoms with Gasteiger partial charge in [0.15, 0.2) is 11.5 Å². The van der Waals surface area contributed by atoms with Gasteiger partial charge in [0.2, 0.25) is 0 Å². The SMILES string of the molecule is O=C(c1ccc(Cc2nc3c(N4CCC(O)(c5ccc(Cl)cc5)CC4)cccn3n2)cc1)N1CCC(Cc2cccnc2)CC1. The summed E-state index contributed by atoms with van der Waals surface area (Å²) in [7, 11) is 0. The molecule has 0 aliphatic carbocycles. The van der Waals surface area contributed by atoms with Gasteiger partial charge in [-0.1, -0.05) is 41.9 Å². The molecule has 0 spiro atoms. The molecule has 0 saturated carbocycles. The van der Waals surface area contributed by atoms with Crippen molar-refractivity contribution in [2.24, 2.45) is 5.92 Å². The number of carbonyl (C=O) groups excluding carboxylic acids is 1. The highest BCUT2D eigenvalue weighted by Crippen LogP contribution is 2.36. The molecule has 2 aromatic carbocycles. The molecular formula is C36H37ClN6O2. The van der Waals surface area contributed by atoms with Gasteiger partial charge in [-0.25, -0.2) is 9.50 Å². The molecule has 1 N–H and O–H groups in total. The summed E-state index contributed by atoms with van der Waals surface area (Å²) in [5.41, 5.74) is 4.91. The predicted octanol–water partition coefficient (Wildman–Crippen LogP) is 5.95. The minimum Gasteiger partial charge on any atom is -0.385 e. The molecule has 45 heavy (non-hydrogen) atoms. The first-order chi connectivity index (χ1) is 21.9. The van der Waals surface area contributed by atoms with E-state index in [1.807, 2.05) is 88.7 Å². The van der Waals surface area contributed by atoms with E-state index in [4.69, 9.17) is 21.7 Å². The second kappa shape index (κ2) is 12.6. The van der Waals surface area contributed by atoms with E-state index < -0.39 is 5.60 Å². The van der Waals surface area contributed by atoms with Crippen LogP contribution in [-0.2, 0) is 18.4 Å². The van der Waals surface area contributed by atoms with Crippen molar-refractivity contribution in [1.29, 1.82) is 0 Å². The third-order valence-electron chi connectivity index (χ3n) is 9.41. The minimum absolute atomic E-state index is 0.0985. The second-order valence-electron chi connectivity index (χ2n) is 12.4. The third kappa shape index (κ3) is 6.44. The quantitative estimate of drug-likeness (QED) is 0.242. The Kier molecular flexibility index (Phi) is 8.25. The molecule has 9 heteroatoms. The van der Waals surface area contributed by atoms with Crippen LogP contribution in [0.25, 0.3) is 5.65 Å². The molecular weight excluding hydrogens is 584 g/mol. The van der Waals surface area contributed by atoms with Crippen LogP contribution < -0.4 is 4.90 Å². The summed E-state index contributed by atoms with van der Waals surface area (Å²) >= 11 is 6.06. The standard InChI is InChI=1S/C36H37ClN6O2/c37-31-11-9-30(10-12-31)36(45)15-21-41(22-16-36)32-4-2-18-43-34(32)39-33(40-43)24-26-5-7-29(8-6-26)35(44)42-19-13-27(14-20-42)23-28-3-1-17-38-25-28/h1-12,17-18,25,27,45H,13-16,19-24H2. The van der Waals surface area contributed by atoms with E-state index in [-0.39, 0.29) is 5.91 Å². The van der Waals surface area contributed by atoms with Gasteiger partial charge in [-0.3, -0.25) is 9.78 Å². The Labute approximate surface area is 268 Å². The largest absolute Gasteiger partial charge is 0.385 e. The molecule has 0 bridgehead atoms. The zero-order valence-electron chi connectivity index (χ0n) is 25.2. The molecule has 0 unspecified atom stereocenters. The smallest absolute Gasteiger partial charge is 0.253 e. The first kappa shape index (κ1) is 29.4. The van der Waals surface area contributed by atoms with Gasteiger partial charge in [-0.15, -0.1) is 0 Å². The van der Waals surface area contributed by atoms with Gasteiger partial charge < -0.3 is 14.9 Å². The van der Waals surface area contributed by atoms with E-state index in [1.54, 1.807) is 0 Å². The van der Waals surface area contributed by atoms with Gasteiger partial charge >= 0.3 is 0 Å². The first-order valence-electron chi connectivity index (χ1n) is 15.8. The number of hydrogen-bond donors (Lipinski definition) is 1. The lowest BCUT2D eigenvalue weighted by Crippen LogP contribution is -2.42. The van der Waals surface area contributed by atoms with Crippen molar-refractivity contribution in [3.05, 3.63) is 124 Å². The van der Waals surface area contributed by atoms with Crippen LogP contribution in [0.2, 0.25) is 5.02 Å². The van der Waals surface area contributed by atoms with Crippen molar-refractivity contribution < 1.29 is 9.90 Å². The van der Waals surface area contributed by atoms with Crippen LogP contribution in [0.5, 0.6) is 0 Å². The van der Waals surface area contributed by atoms with Crippen LogP contribution in [0.15, 0.2) is 91.4 Å². The maximum atomic E-state index is 13.2. The Bertz CT molecular complexity index is 1760. The third-order valence-corrected chi connectivity index (χ3v) is 9.66. The van der Waals surface area contributed by atoms with Crippen molar-refractivity contribution in [2.75, 3.05) is 31.1 Å². The number of pyridine rings is 2. The Balaban J connectivity index is 0.969. The Morgan fingerprint density at radius 1 is 0.911 bits per heavy atom. The molecule has 0 atom stereocenters. The molecule has 2 saturated heterocycles. The molecule has 7 rings (SSSR count). The number of aliphatic hydroxyl groups is 1. The predicted molar refractivity (Wildman–Crippen MR) is 176 cm³/mol. The van der Waals surface area contributed by atoms with E-state index in [9.17, 15) is 9.90 Å². The van der Waals surface area contributed by atoms with E-state index in [2.05, 4.69) is 22.0 Å². The zero-order chi connectivity index (χ0) is 30.8. The van der Waals surface area contributed by atoms with Gasteiger partial charge in [0.1, 0.15) is 0 Å². The molecule has 0 radical (unpaired) electrons. The molecule has 5 aromatic rings. The number of rotatable bonds is 7. The van der Waals surface area contributed by atoms with E-state index in [0.717, 1.165) is 66.2 Å². The number of halogens is 1. The van der Waals surface area contributed by atoms with Crippen molar-refractivity contribution in [1.82, 2.24) is 24.5 Å². The lowest BCUT2D eigenvalue weighted by Gasteiger charge is -2.39. The highest BCUT2D eigenvalue weighted by Gasteiger charge is 2.34. The fourth-order valence-electron chi connectivity index (χ4n) is 6.75. The number of benzene rings is 2. The molecule has 2 fully saturated rings. The number of fused-ring (bicyclic) bond motifs is 1. The molecule has 3 aromatic heterocycles.